The Morgan fingerprint density at radius 2 is 0.586 bits per heavy atom. The molecule has 0 atom stereocenters. The zero-order valence-electron chi connectivity index (χ0n) is 87.3. The number of hydrogen-bond acceptors (Lipinski definition) is 2. The van der Waals surface area contributed by atoms with E-state index in [1.807, 2.05) is 67.6 Å². The van der Waals surface area contributed by atoms with E-state index in [-0.39, 0.29) is 46.2 Å². The Hall–Kier alpha value is -5.79. The van der Waals surface area contributed by atoms with Crippen LogP contribution in [0.2, 0.25) is 0 Å². The minimum absolute atomic E-state index is 0. The van der Waals surface area contributed by atoms with Crippen LogP contribution in [0.15, 0.2) is 181 Å². The summed E-state index contributed by atoms with van der Waals surface area (Å²) in [6.45, 7) is 28.1. The SMILES string of the molecule is CCCCCCCCc1cccc(C2=C(CCCCC)C(C)=C(c3ccc(CCCCCC)cc3)[N+]2=[N-])c1.CCCCCCc1ccc(C(=CC(C)=C=[N+]=[N-])c2cccc(CCCCCC)c2)cc1.OCc1ccccc1.OCc1ccccc1.[CH2-]CCCCCCCCCCCCCCCCCCCCCC.[CH2-]CCCCCCCCCCCCCCCCCCCCCC.[Ni+2].[Ni]. The van der Waals surface area contributed by atoms with Gasteiger partial charge in [0.2, 0.25) is 11.4 Å². The third kappa shape index (κ3) is 68.8. The van der Waals surface area contributed by atoms with E-state index in [2.05, 4.69) is 183 Å². The Morgan fingerprint density at radius 3 is 0.910 bits per heavy atom. The number of benzene rings is 6. The summed E-state index contributed by atoms with van der Waals surface area (Å²) in [6, 6.07) is 54.7. The van der Waals surface area contributed by atoms with E-state index in [1.54, 1.807) is 0 Å². The molecule has 133 heavy (non-hydrogen) atoms. The van der Waals surface area contributed by atoms with Gasteiger partial charge in [-0.2, -0.15) is 12.8 Å². The van der Waals surface area contributed by atoms with Crippen molar-refractivity contribution >= 4 is 22.8 Å². The van der Waals surface area contributed by atoms with Crippen molar-refractivity contribution in [2.45, 2.75) is 512 Å². The molecule has 0 saturated heterocycles. The Morgan fingerprint density at radius 1 is 0.308 bits per heavy atom. The molecule has 8 heteroatoms. The van der Waals surface area contributed by atoms with Crippen LogP contribution in [-0.4, -0.2) is 25.6 Å². The van der Waals surface area contributed by atoms with Gasteiger partial charge >= 0.3 is 22.4 Å². The van der Waals surface area contributed by atoms with Gasteiger partial charge in [-0.1, -0.05) is 541 Å². The predicted molar refractivity (Wildman–Crippen MR) is 579 cm³/mol. The number of rotatable bonds is 73. The first kappa shape index (κ1) is 127. The first-order valence-corrected chi connectivity index (χ1v) is 55.3. The molecule has 0 radical (unpaired) electrons. The number of unbranched alkanes of at least 4 members (excludes halogenated alkanes) is 56. The summed E-state index contributed by atoms with van der Waals surface area (Å²) >= 11 is 0. The number of hydrogen-bond donors (Lipinski definition) is 2. The van der Waals surface area contributed by atoms with Crippen molar-refractivity contribution in [2.24, 2.45) is 0 Å². The Kier molecular flexibility index (Phi) is 91.0. The molecular weight excluding hydrogens is 1710 g/mol. The van der Waals surface area contributed by atoms with Gasteiger partial charge in [0, 0.05) is 38.8 Å². The van der Waals surface area contributed by atoms with Crippen LogP contribution in [-0.2, 0) is 71.9 Å². The third-order valence-electron chi connectivity index (χ3n) is 26.1. The van der Waals surface area contributed by atoms with Gasteiger partial charge in [0.05, 0.1) is 18.8 Å². The Labute approximate surface area is 842 Å². The molecule has 0 aliphatic carbocycles. The van der Waals surface area contributed by atoms with Gasteiger partial charge in [0.15, 0.2) is 0 Å². The maximum atomic E-state index is 11.6. The first-order valence-electron chi connectivity index (χ1n) is 55.3. The van der Waals surface area contributed by atoms with Gasteiger partial charge in [0.1, 0.15) is 0 Å². The van der Waals surface area contributed by atoms with Gasteiger partial charge < -0.3 is 35.1 Å². The zero-order valence-corrected chi connectivity index (χ0v) is 89.3. The van der Waals surface area contributed by atoms with Gasteiger partial charge in [0.25, 0.3) is 0 Å². The van der Waals surface area contributed by atoms with E-state index in [9.17, 15) is 5.53 Å². The quantitative estimate of drug-likeness (QED) is 0.00581. The van der Waals surface area contributed by atoms with E-state index in [1.165, 1.54) is 434 Å². The second-order valence-corrected chi connectivity index (χ2v) is 38.2. The van der Waals surface area contributed by atoms with Crippen LogP contribution in [0.4, 0.5) is 0 Å². The molecule has 6 nitrogen and oxygen atoms in total. The van der Waals surface area contributed by atoms with Gasteiger partial charge in [-0.05, 0) is 158 Å². The molecule has 752 valence electrons. The fourth-order valence-corrected chi connectivity index (χ4v) is 17.7. The molecule has 0 spiro atoms. The monoisotopic (exact) mass is 1910 g/mol. The average molecular weight is 1910 g/mol. The van der Waals surface area contributed by atoms with Crippen molar-refractivity contribution in [3.05, 3.63) is 261 Å². The summed E-state index contributed by atoms with van der Waals surface area (Å²) < 4.78 is 1.50. The van der Waals surface area contributed by atoms with Gasteiger partial charge in [-0.25, -0.2) is 4.70 Å². The minimum atomic E-state index is 0. The summed E-state index contributed by atoms with van der Waals surface area (Å²) in [6.07, 6.45) is 95.0. The summed E-state index contributed by atoms with van der Waals surface area (Å²) in [5.74, 6) is 2.65. The van der Waals surface area contributed by atoms with E-state index >= 15 is 0 Å². The van der Waals surface area contributed by atoms with Crippen LogP contribution in [0.1, 0.15) is 529 Å². The average Bonchev–Trinajstić information content (AvgIpc) is 1.61. The van der Waals surface area contributed by atoms with Crippen molar-refractivity contribution in [3.8, 4) is 0 Å². The van der Waals surface area contributed by atoms with Crippen LogP contribution in [0, 0.1) is 13.8 Å². The van der Waals surface area contributed by atoms with E-state index < -0.39 is 0 Å². The van der Waals surface area contributed by atoms with Gasteiger partial charge in [-0.3, -0.25) is 0 Å². The molecule has 0 aromatic heterocycles. The van der Waals surface area contributed by atoms with E-state index in [0.29, 0.717) is 0 Å². The van der Waals surface area contributed by atoms with E-state index in [4.69, 9.17) is 15.7 Å². The molecular formula is C125H200N4Ni2O2. The van der Waals surface area contributed by atoms with Crippen LogP contribution in [0.25, 0.3) is 28.0 Å². The molecule has 1 heterocycles. The van der Waals surface area contributed by atoms with Crippen molar-refractivity contribution in [2.75, 3.05) is 0 Å². The Balaban J connectivity index is 0.00000167. The van der Waals surface area contributed by atoms with Crippen molar-refractivity contribution in [3.63, 3.8) is 0 Å². The van der Waals surface area contributed by atoms with Crippen LogP contribution >= 0.6 is 0 Å². The number of allylic oxidation sites excluding steroid dienone is 4. The number of aliphatic hydroxyl groups is 2. The summed E-state index contributed by atoms with van der Waals surface area (Å²) in [4.78, 5) is 3.08. The molecule has 2 N–H and O–H groups in total. The second-order valence-electron chi connectivity index (χ2n) is 38.2. The first-order chi connectivity index (χ1) is 64.5. The predicted octanol–water partition coefficient (Wildman–Crippen LogP) is 40.1. The smallest absolute Gasteiger partial charge is 0.493 e. The molecule has 0 fully saturated rings. The topological polar surface area (TPSA) is 102 Å². The largest absolute Gasteiger partial charge is 2.00 e. The second kappa shape index (κ2) is 95.1. The van der Waals surface area contributed by atoms with Crippen LogP contribution < -0.4 is 0 Å². The molecule has 0 bridgehead atoms. The van der Waals surface area contributed by atoms with Crippen molar-refractivity contribution in [1.29, 1.82) is 0 Å². The van der Waals surface area contributed by atoms with Crippen LogP contribution in [0.3, 0.4) is 0 Å². The number of aliphatic hydroxyl groups excluding tert-OH is 2. The Bertz CT molecular complexity index is 3650. The fraction of sp³-hybridized carbons (Fsp3) is 0.632. The van der Waals surface area contributed by atoms with Gasteiger partial charge in [-0.15, -0.1) is 4.79 Å². The normalized spacial score (nSPS) is 11.5. The standard InChI is InChI=1S/C36H52N2.C29H38N2.2C23H47.2C7H8O.2Ni/c1-5-8-11-13-14-17-20-31-21-18-22-33(28-31)36-34(23-15-10-7-3)29(4)35(38(36)37)32-26-24-30(25-27-32)19-16-12-9-6-2;1-4-6-8-10-13-25-17-19-27(20-18-25)29(21-24(3)23-31-30)28-16-12-15-26(22-28)14-11-9-7-5-2;2*1-3-5-7-9-11-13-15-17-19-21-23-22-20-18-16-14-12-10-8-6-4-2;2*8-6-7-4-2-1-3-5-7;;/h18,21-22,24-28H,5-17,19-20,23H2,1-4H3;12,15-22H,4-11,13-14H2,1-3H3;2*1,3-23H2,2H3;2*1-5,8H,6H2;;/q;;2*-1;;;;+2. The van der Waals surface area contributed by atoms with Crippen molar-refractivity contribution < 1.29 is 52.7 Å². The molecule has 7 rings (SSSR count). The fourth-order valence-electron chi connectivity index (χ4n) is 17.7. The number of aryl methyl sites for hydroxylation is 4. The zero-order chi connectivity index (χ0) is 94.8. The molecule has 1 aliphatic heterocycles. The molecule has 6 aromatic rings. The van der Waals surface area contributed by atoms with Crippen LogP contribution in [0.5, 0.6) is 0 Å². The third-order valence-corrected chi connectivity index (χ3v) is 26.1. The maximum absolute atomic E-state index is 11.6. The minimum Gasteiger partial charge on any atom is -0.493 e. The summed E-state index contributed by atoms with van der Waals surface area (Å²) in [7, 11) is 0. The molecule has 0 saturated carbocycles. The molecule has 0 amide bonds. The summed E-state index contributed by atoms with van der Waals surface area (Å²) in [5, 5.41) is 17.1. The molecule has 6 aromatic carbocycles. The van der Waals surface area contributed by atoms with E-state index in [0.717, 1.165) is 96.2 Å². The number of nitrogens with zero attached hydrogens (tertiary/aromatic N) is 4. The molecule has 1 aliphatic rings. The molecule has 0 unspecified atom stereocenters. The maximum Gasteiger partial charge on any atom is 2.00 e. The summed E-state index contributed by atoms with van der Waals surface area (Å²) in [5.41, 5.74) is 39.0. The van der Waals surface area contributed by atoms with Crippen molar-refractivity contribution in [1.82, 2.24) is 0 Å².